The number of aromatic nitrogens is 1. The molecule has 8 nitrogen and oxygen atoms in total. The van der Waals surface area contributed by atoms with Crippen molar-refractivity contribution in [2.24, 2.45) is 5.10 Å². The number of methoxy groups -OCH3 is 2. The Balaban J connectivity index is 1.56. The summed E-state index contributed by atoms with van der Waals surface area (Å²) < 4.78 is 11.4. The number of nitrogens with one attached hydrogen (secondary N) is 2. The number of nitrogens with zero attached hydrogens (tertiary/aromatic N) is 2. The number of amides is 2. The van der Waals surface area contributed by atoms with E-state index >= 15 is 0 Å². The van der Waals surface area contributed by atoms with Crippen LogP contribution < -0.4 is 20.2 Å². The second-order valence-electron chi connectivity index (χ2n) is 5.97. The predicted molar refractivity (Wildman–Crippen MR) is 112 cm³/mol. The summed E-state index contributed by atoms with van der Waals surface area (Å²) in [5, 5.41) is 7.33. The van der Waals surface area contributed by atoms with E-state index in [2.05, 4.69) is 20.8 Å². The zero-order chi connectivity index (χ0) is 20.8. The van der Waals surface area contributed by atoms with Crippen molar-refractivity contribution < 1.29 is 19.1 Å². The van der Waals surface area contributed by atoms with Gasteiger partial charge in [-0.15, -0.1) is 11.3 Å². The molecule has 3 rings (SSSR count). The monoisotopic (exact) mass is 412 g/mol. The Kier molecular flexibility index (Phi) is 6.40. The van der Waals surface area contributed by atoms with E-state index in [0.717, 1.165) is 15.2 Å². The molecule has 0 saturated carbocycles. The molecule has 9 heteroatoms. The Morgan fingerprint density at radius 1 is 1.10 bits per heavy atom. The summed E-state index contributed by atoms with van der Waals surface area (Å²) >= 11 is 1.49. The van der Waals surface area contributed by atoms with E-state index in [0.29, 0.717) is 22.8 Å². The maximum absolute atomic E-state index is 12.2. The summed E-state index contributed by atoms with van der Waals surface area (Å²) in [7, 11) is 3.00. The molecule has 0 radical (unpaired) electrons. The average Bonchev–Trinajstić information content (AvgIpc) is 3.19. The highest BCUT2D eigenvalue weighted by Crippen LogP contribution is 2.27. The Bertz CT molecular complexity index is 1040. The molecule has 0 spiro atoms. The smallest absolute Gasteiger partial charge is 0.259 e. The number of ether oxygens (including phenoxy) is 2. The van der Waals surface area contributed by atoms with Crippen molar-refractivity contribution in [3.05, 3.63) is 53.0 Å². The lowest BCUT2D eigenvalue weighted by Crippen LogP contribution is -2.35. The SMILES string of the molecule is COc1ccc(C(=O)NCC(=O)N/N=C(\C)c2nc3ccccc3s2)cc1OC. The van der Waals surface area contributed by atoms with Crippen LogP contribution >= 0.6 is 11.3 Å². The van der Waals surface area contributed by atoms with E-state index < -0.39 is 11.8 Å². The van der Waals surface area contributed by atoms with Crippen molar-refractivity contribution in [3.8, 4) is 11.5 Å². The van der Waals surface area contributed by atoms with Crippen molar-refractivity contribution in [1.82, 2.24) is 15.7 Å². The fourth-order valence-electron chi connectivity index (χ4n) is 2.50. The quantitative estimate of drug-likeness (QED) is 0.459. The summed E-state index contributed by atoms with van der Waals surface area (Å²) in [6.45, 7) is 1.55. The standard InChI is InChI=1S/C20H20N4O4S/c1-12(20-22-14-6-4-5-7-17(14)29-20)23-24-18(25)11-21-19(26)13-8-9-15(27-2)16(10-13)28-3/h4-10H,11H2,1-3H3,(H,21,26)(H,24,25)/b23-12+. The van der Waals surface area contributed by atoms with Gasteiger partial charge in [0.15, 0.2) is 11.5 Å². The van der Waals surface area contributed by atoms with Crippen molar-refractivity contribution >= 4 is 39.1 Å². The molecule has 150 valence electrons. The van der Waals surface area contributed by atoms with Crippen molar-refractivity contribution in [3.63, 3.8) is 0 Å². The Morgan fingerprint density at radius 3 is 2.59 bits per heavy atom. The maximum Gasteiger partial charge on any atom is 0.259 e. The van der Waals surface area contributed by atoms with Crippen LogP contribution in [0.3, 0.4) is 0 Å². The van der Waals surface area contributed by atoms with Crippen LogP contribution in [0.2, 0.25) is 0 Å². The van der Waals surface area contributed by atoms with Gasteiger partial charge in [0.05, 0.1) is 36.7 Å². The minimum absolute atomic E-state index is 0.218. The lowest BCUT2D eigenvalue weighted by molar-refractivity contribution is -0.120. The predicted octanol–water partition coefficient (Wildman–Crippen LogP) is 2.58. The summed E-state index contributed by atoms with van der Waals surface area (Å²) in [5.41, 5.74) is 4.25. The molecular weight excluding hydrogens is 392 g/mol. The van der Waals surface area contributed by atoms with Gasteiger partial charge in [-0.1, -0.05) is 12.1 Å². The molecule has 0 atom stereocenters. The van der Waals surface area contributed by atoms with Crippen molar-refractivity contribution in [2.75, 3.05) is 20.8 Å². The molecule has 3 aromatic rings. The number of hydrogen-bond acceptors (Lipinski definition) is 7. The number of para-hydroxylation sites is 1. The van der Waals surface area contributed by atoms with Gasteiger partial charge in [0.25, 0.3) is 11.8 Å². The molecule has 2 amide bonds. The highest BCUT2D eigenvalue weighted by atomic mass is 32.1. The number of fused-ring (bicyclic) bond motifs is 1. The summed E-state index contributed by atoms with van der Waals surface area (Å²) in [6, 6.07) is 12.5. The van der Waals surface area contributed by atoms with Crippen LogP contribution in [0.5, 0.6) is 11.5 Å². The highest BCUT2D eigenvalue weighted by Gasteiger charge is 2.12. The average molecular weight is 412 g/mol. The third kappa shape index (κ3) is 4.88. The molecular formula is C20H20N4O4S. The number of carbonyl (C=O) groups is 2. The molecule has 29 heavy (non-hydrogen) atoms. The lowest BCUT2D eigenvalue weighted by atomic mass is 10.2. The van der Waals surface area contributed by atoms with Crippen molar-refractivity contribution in [2.45, 2.75) is 6.92 Å². The lowest BCUT2D eigenvalue weighted by Gasteiger charge is -2.09. The maximum atomic E-state index is 12.2. The number of rotatable bonds is 7. The molecule has 2 N–H and O–H groups in total. The van der Waals surface area contributed by atoms with Gasteiger partial charge in [-0.3, -0.25) is 9.59 Å². The number of hydrogen-bond donors (Lipinski definition) is 2. The zero-order valence-corrected chi connectivity index (χ0v) is 17.0. The van der Waals surface area contributed by atoms with Gasteiger partial charge < -0.3 is 14.8 Å². The fourth-order valence-corrected chi connectivity index (χ4v) is 3.41. The number of carbonyl (C=O) groups excluding carboxylic acids is 2. The van der Waals surface area contributed by atoms with E-state index in [1.807, 2.05) is 24.3 Å². The third-order valence-corrected chi connectivity index (χ3v) is 5.15. The highest BCUT2D eigenvalue weighted by molar-refractivity contribution is 7.20. The second-order valence-corrected chi connectivity index (χ2v) is 7.00. The van der Waals surface area contributed by atoms with Crippen LogP contribution in [0.1, 0.15) is 22.3 Å². The number of hydrazone groups is 1. The Labute approximate surface area is 171 Å². The first kappa shape index (κ1) is 20.3. The van der Waals surface area contributed by atoms with Gasteiger partial charge in [-0.05, 0) is 37.3 Å². The van der Waals surface area contributed by atoms with Crippen LogP contribution in [-0.2, 0) is 4.79 Å². The topological polar surface area (TPSA) is 102 Å². The van der Waals surface area contributed by atoms with Crippen LogP contribution in [0.4, 0.5) is 0 Å². The number of thiazole rings is 1. The van der Waals surface area contributed by atoms with Gasteiger partial charge in [-0.2, -0.15) is 5.10 Å². The molecule has 0 aliphatic heterocycles. The summed E-state index contributed by atoms with van der Waals surface area (Å²) in [6.07, 6.45) is 0. The zero-order valence-electron chi connectivity index (χ0n) is 16.2. The van der Waals surface area contributed by atoms with Crippen LogP contribution in [-0.4, -0.2) is 43.3 Å². The van der Waals surface area contributed by atoms with Gasteiger partial charge in [0.2, 0.25) is 0 Å². The fraction of sp³-hybridized carbons (Fsp3) is 0.200. The van der Waals surface area contributed by atoms with Crippen LogP contribution in [0.15, 0.2) is 47.6 Å². The normalized spacial score (nSPS) is 11.2. The molecule has 0 bridgehead atoms. The Hall–Kier alpha value is -3.46. The van der Waals surface area contributed by atoms with Gasteiger partial charge >= 0.3 is 0 Å². The molecule has 0 aliphatic rings. The first-order chi connectivity index (χ1) is 14.0. The van der Waals surface area contributed by atoms with Gasteiger partial charge in [-0.25, -0.2) is 10.4 Å². The molecule has 0 fully saturated rings. The minimum atomic E-state index is -0.445. The van der Waals surface area contributed by atoms with E-state index in [1.165, 1.54) is 25.6 Å². The number of benzene rings is 2. The molecule has 0 saturated heterocycles. The van der Waals surface area contributed by atoms with Gasteiger partial charge in [0, 0.05) is 5.56 Å². The third-order valence-electron chi connectivity index (χ3n) is 4.01. The Morgan fingerprint density at radius 2 is 1.86 bits per heavy atom. The minimum Gasteiger partial charge on any atom is -0.493 e. The second kappa shape index (κ2) is 9.16. The van der Waals surface area contributed by atoms with E-state index in [1.54, 1.807) is 25.1 Å². The van der Waals surface area contributed by atoms with Gasteiger partial charge in [0.1, 0.15) is 5.01 Å². The first-order valence-electron chi connectivity index (χ1n) is 8.71. The van der Waals surface area contributed by atoms with Crippen molar-refractivity contribution in [1.29, 1.82) is 0 Å². The molecule has 2 aromatic carbocycles. The summed E-state index contributed by atoms with van der Waals surface area (Å²) in [5.74, 6) is 0.0920. The molecule has 1 heterocycles. The molecule has 0 aliphatic carbocycles. The largest absolute Gasteiger partial charge is 0.493 e. The van der Waals surface area contributed by atoms with E-state index in [9.17, 15) is 9.59 Å². The first-order valence-corrected chi connectivity index (χ1v) is 9.52. The van der Waals surface area contributed by atoms with Crippen LogP contribution in [0, 0.1) is 0 Å². The summed E-state index contributed by atoms with van der Waals surface area (Å²) in [4.78, 5) is 28.7. The molecule has 1 aromatic heterocycles. The molecule has 0 unspecified atom stereocenters. The van der Waals surface area contributed by atoms with E-state index in [-0.39, 0.29) is 6.54 Å². The van der Waals surface area contributed by atoms with Crippen LogP contribution in [0.25, 0.3) is 10.2 Å². The van der Waals surface area contributed by atoms with E-state index in [4.69, 9.17) is 9.47 Å².